The standard InChI is InChI=1S/C4H8IN3O/c1-8(2)3-6-7-4(5)9/h3H,1-2H3,(H,7,9)/b6-3+. The summed E-state index contributed by atoms with van der Waals surface area (Å²) in [7, 11) is 3.64. The molecule has 0 rings (SSSR count). The molecule has 0 aromatic heterocycles. The maximum atomic E-state index is 10.2. The van der Waals surface area contributed by atoms with E-state index in [9.17, 15) is 4.79 Å². The van der Waals surface area contributed by atoms with E-state index in [-0.39, 0.29) is 3.91 Å². The van der Waals surface area contributed by atoms with Gasteiger partial charge in [0.25, 0.3) is 0 Å². The molecular formula is C4H8IN3O. The molecule has 9 heavy (non-hydrogen) atoms. The van der Waals surface area contributed by atoms with Crippen molar-refractivity contribution in [3.63, 3.8) is 0 Å². The topological polar surface area (TPSA) is 44.7 Å². The summed E-state index contributed by atoms with van der Waals surface area (Å²) in [6.07, 6.45) is 1.51. The maximum Gasteiger partial charge on any atom is 0.300 e. The molecule has 5 heteroatoms. The lowest BCUT2D eigenvalue weighted by Gasteiger charge is -2.00. The Hall–Kier alpha value is -0.330. The predicted octanol–water partition coefficient (Wildman–Crippen LogP) is 0.636. The van der Waals surface area contributed by atoms with E-state index < -0.39 is 0 Å². The molecule has 52 valence electrons. The van der Waals surface area contributed by atoms with Crippen LogP contribution < -0.4 is 5.43 Å². The quantitative estimate of drug-likeness (QED) is 0.192. The highest BCUT2D eigenvalue weighted by atomic mass is 127. The molecule has 0 radical (unpaired) electrons. The van der Waals surface area contributed by atoms with E-state index in [0.717, 1.165) is 0 Å². The van der Waals surface area contributed by atoms with Crippen molar-refractivity contribution in [3.05, 3.63) is 0 Å². The highest BCUT2D eigenvalue weighted by Gasteiger charge is 1.84. The van der Waals surface area contributed by atoms with Gasteiger partial charge >= 0.3 is 3.91 Å². The monoisotopic (exact) mass is 241 g/mol. The Balaban J connectivity index is 3.36. The Morgan fingerprint density at radius 3 is 2.67 bits per heavy atom. The second kappa shape index (κ2) is 4.54. The third-order valence-electron chi connectivity index (χ3n) is 0.441. The lowest BCUT2D eigenvalue weighted by Crippen LogP contribution is -2.14. The van der Waals surface area contributed by atoms with Gasteiger partial charge in [0.1, 0.15) is 6.34 Å². The van der Waals surface area contributed by atoms with Gasteiger partial charge in [-0.1, -0.05) is 0 Å². The van der Waals surface area contributed by atoms with Crippen LogP contribution in [-0.4, -0.2) is 29.2 Å². The summed E-state index contributed by atoms with van der Waals surface area (Å²) in [4.78, 5) is 11.9. The highest BCUT2D eigenvalue weighted by Crippen LogP contribution is 1.80. The highest BCUT2D eigenvalue weighted by molar-refractivity contribution is 14.1. The number of carbonyl (C=O) groups excluding carboxylic acids is 1. The summed E-state index contributed by atoms with van der Waals surface area (Å²) in [5.74, 6) is 0. The van der Waals surface area contributed by atoms with Gasteiger partial charge in [-0.05, 0) is 0 Å². The van der Waals surface area contributed by atoms with Gasteiger partial charge in [0.05, 0.1) is 0 Å². The average molecular weight is 241 g/mol. The molecule has 0 saturated carbocycles. The average Bonchev–Trinajstić information content (AvgIpc) is 1.63. The summed E-state index contributed by atoms with van der Waals surface area (Å²) in [6.45, 7) is 0. The van der Waals surface area contributed by atoms with Crippen LogP contribution in [0.3, 0.4) is 0 Å². The van der Waals surface area contributed by atoms with E-state index >= 15 is 0 Å². The number of nitrogens with one attached hydrogen (secondary N) is 1. The fourth-order valence-electron chi connectivity index (χ4n) is 0.195. The van der Waals surface area contributed by atoms with Crippen molar-refractivity contribution in [1.29, 1.82) is 0 Å². The number of hydrogen-bond donors (Lipinski definition) is 1. The van der Waals surface area contributed by atoms with Gasteiger partial charge in [0, 0.05) is 36.7 Å². The number of nitrogens with zero attached hydrogens (tertiary/aromatic N) is 2. The van der Waals surface area contributed by atoms with Crippen LogP contribution in [-0.2, 0) is 0 Å². The second-order valence-corrected chi connectivity index (χ2v) is 2.57. The minimum atomic E-state index is -0.189. The van der Waals surface area contributed by atoms with Crippen LogP contribution in [0.4, 0.5) is 4.79 Å². The molecule has 4 nitrogen and oxygen atoms in total. The van der Waals surface area contributed by atoms with Gasteiger partial charge in [-0.3, -0.25) is 4.79 Å². The normalized spacial score (nSPS) is 9.67. The molecule has 0 aromatic rings. The number of hydrazone groups is 1. The lowest BCUT2D eigenvalue weighted by molar-refractivity contribution is 0.263. The van der Waals surface area contributed by atoms with Crippen molar-refractivity contribution < 1.29 is 4.79 Å². The van der Waals surface area contributed by atoms with E-state index in [1.54, 1.807) is 27.5 Å². The summed E-state index contributed by atoms with van der Waals surface area (Å²) in [5, 5.41) is 3.56. The molecule has 0 aromatic carbocycles. The Labute approximate surface area is 67.4 Å². The first-order valence-electron chi connectivity index (χ1n) is 2.28. The Morgan fingerprint density at radius 2 is 2.33 bits per heavy atom. The molecule has 0 aliphatic heterocycles. The molecule has 0 bridgehead atoms. The molecule has 0 unspecified atom stereocenters. The first-order chi connectivity index (χ1) is 4.13. The van der Waals surface area contributed by atoms with Crippen LogP contribution in [0.25, 0.3) is 0 Å². The summed E-state index contributed by atoms with van der Waals surface area (Å²) < 4.78 is -0.189. The van der Waals surface area contributed by atoms with E-state index in [1.165, 1.54) is 6.34 Å². The molecule has 0 aliphatic rings. The van der Waals surface area contributed by atoms with Gasteiger partial charge < -0.3 is 4.90 Å². The second-order valence-electron chi connectivity index (χ2n) is 1.59. The minimum Gasteiger partial charge on any atom is -0.367 e. The molecule has 0 aliphatic carbocycles. The first-order valence-corrected chi connectivity index (χ1v) is 3.36. The van der Waals surface area contributed by atoms with Crippen LogP contribution in [0.1, 0.15) is 0 Å². The van der Waals surface area contributed by atoms with Gasteiger partial charge in [-0.2, -0.15) is 5.10 Å². The third kappa shape index (κ3) is 7.67. The van der Waals surface area contributed by atoms with E-state index in [4.69, 9.17) is 0 Å². The molecule has 0 fully saturated rings. The zero-order valence-corrected chi connectivity index (χ0v) is 7.42. The number of halogens is 1. The number of carbonyl (C=O) groups is 1. The van der Waals surface area contributed by atoms with Crippen molar-refractivity contribution in [2.24, 2.45) is 5.10 Å². The van der Waals surface area contributed by atoms with E-state index in [2.05, 4.69) is 10.5 Å². The first kappa shape index (κ1) is 8.67. The predicted molar refractivity (Wildman–Crippen MR) is 44.7 cm³/mol. The number of rotatable bonds is 2. The third-order valence-corrected chi connectivity index (χ3v) is 0.682. The zero-order valence-electron chi connectivity index (χ0n) is 5.26. The van der Waals surface area contributed by atoms with Gasteiger partial charge in [-0.15, -0.1) is 0 Å². The summed E-state index contributed by atoms with van der Waals surface area (Å²) in [6, 6.07) is 0. The van der Waals surface area contributed by atoms with Crippen molar-refractivity contribution in [1.82, 2.24) is 10.3 Å². The molecular weight excluding hydrogens is 233 g/mol. The van der Waals surface area contributed by atoms with Crippen LogP contribution >= 0.6 is 22.6 Å². The maximum absolute atomic E-state index is 10.2. The number of amides is 1. The largest absolute Gasteiger partial charge is 0.367 e. The van der Waals surface area contributed by atoms with Crippen molar-refractivity contribution in [2.75, 3.05) is 14.1 Å². The summed E-state index contributed by atoms with van der Waals surface area (Å²) in [5.41, 5.74) is 2.25. The van der Waals surface area contributed by atoms with Crippen molar-refractivity contribution in [3.8, 4) is 0 Å². The SMILES string of the molecule is CN(C)/C=N/NC(=O)I. The van der Waals surface area contributed by atoms with Crippen LogP contribution in [0.15, 0.2) is 5.10 Å². The zero-order chi connectivity index (χ0) is 7.28. The van der Waals surface area contributed by atoms with Crippen LogP contribution in [0.5, 0.6) is 0 Å². The molecule has 0 saturated heterocycles. The van der Waals surface area contributed by atoms with Crippen molar-refractivity contribution >= 4 is 32.8 Å². The fourth-order valence-corrected chi connectivity index (χ4v) is 0.334. The molecule has 1 amide bonds. The lowest BCUT2D eigenvalue weighted by atomic mass is 11.0. The van der Waals surface area contributed by atoms with Crippen LogP contribution in [0, 0.1) is 0 Å². The molecule has 0 spiro atoms. The van der Waals surface area contributed by atoms with E-state index in [0.29, 0.717) is 0 Å². The Kier molecular flexibility index (Phi) is 4.37. The molecule has 0 atom stereocenters. The van der Waals surface area contributed by atoms with Gasteiger partial charge in [-0.25, -0.2) is 5.43 Å². The molecule has 0 heterocycles. The fraction of sp³-hybridized carbons (Fsp3) is 0.500. The Bertz CT molecular complexity index is 123. The van der Waals surface area contributed by atoms with Gasteiger partial charge in [0.2, 0.25) is 0 Å². The van der Waals surface area contributed by atoms with Crippen molar-refractivity contribution in [2.45, 2.75) is 0 Å². The number of hydrogen-bond acceptors (Lipinski definition) is 2. The minimum absolute atomic E-state index is 0.189. The summed E-state index contributed by atoms with van der Waals surface area (Å²) >= 11 is 1.61. The van der Waals surface area contributed by atoms with E-state index in [1.807, 2.05) is 14.1 Å². The van der Waals surface area contributed by atoms with Crippen LogP contribution in [0.2, 0.25) is 0 Å². The Morgan fingerprint density at radius 1 is 1.78 bits per heavy atom. The van der Waals surface area contributed by atoms with Gasteiger partial charge in [0.15, 0.2) is 0 Å². The molecule has 1 N–H and O–H groups in total. The smallest absolute Gasteiger partial charge is 0.300 e.